The maximum atomic E-state index is 5.76. The van der Waals surface area contributed by atoms with Crippen molar-refractivity contribution in [3.05, 3.63) is 24.3 Å². The SMILES string of the molecule is COc1cccc(N2CCCC2CN)c1. The Balaban J connectivity index is 2.20. The van der Waals surface area contributed by atoms with E-state index in [1.807, 2.05) is 12.1 Å². The molecule has 0 saturated carbocycles. The van der Waals surface area contributed by atoms with Crippen molar-refractivity contribution < 1.29 is 4.74 Å². The molecule has 1 saturated heterocycles. The Morgan fingerprint density at radius 3 is 3.13 bits per heavy atom. The minimum Gasteiger partial charge on any atom is -0.497 e. The van der Waals surface area contributed by atoms with Gasteiger partial charge in [-0.1, -0.05) is 6.07 Å². The summed E-state index contributed by atoms with van der Waals surface area (Å²) in [7, 11) is 1.70. The van der Waals surface area contributed by atoms with Crippen LogP contribution in [-0.4, -0.2) is 26.2 Å². The molecular weight excluding hydrogens is 188 g/mol. The zero-order valence-electron chi connectivity index (χ0n) is 9.15. The molecule has 1 unspecified atom stereocenters. The van der Waals surface area contributed by atoms with E-state index < -0.39 is 0 Å². The van der Waals surface area contributed by atoms with Crippen molar-refractivity contribution in [2.75, 3.05) is 25.1 Å². The van der Waals surface area contributed by atoms with Gasteiger partial charge in [-0.2, -0.15) is 0 Å². The summed E-state index contributed by atoms with van der Waals surface area (Å²) in [5, 5.41) is 0. The number of anilines is 1. The fraction of sp³-hybridized carbons (Fsp3) is 0.500. The first kappa shape index (κ1) is 10.3. The fourth-order valence-electron chi connectivity index (χ4n) is 2.21. The second kappa shape index (κ2) is 4.53. The lowest BCUT2D eigenvalue weighted by molar-refractivity contribution is 0.414. The molecule has 1 aliphatic rings. The van der Waals surface area contributed by atoms with Gasteiger partial charge in [-0.25, -0.2) is 0 Å². The number of hydrogen-bond donors (Lipinski definition) is 1. The van der Waals surface area contributed by atoms with Crippen molar-refractivity contribution in [2.45, 2.75) is 18.9 Å². The average Bonchev–Trinajstić information content (AvgIpc) is 2.77. The Kier molecular flexibility index (Phi) is 3.11. The van der Waals surface area contributed by atoms with E-state index in [0.717, 1.165) is 18.8 Å². The largest absolute Gasteiger partial charge is 0.497 e. The summed E-state index contributed by atoms with van der Waals surface area (Å²) >= 11 is 0. The van der Waals surface area contributed by atoms with Crippen molar-refractivity contribution in [3.63, 3.8) is 0 Å². The minimum atomic E-state index is 0.497. The molecule has 82 valence electrons. The van der Waals surface area contributed by atoms with E-state index in [9.17, 15) is 0 Å². The molecule has 1 fully saturated rings. The number of methoxy groups -OCH3 is 1. The average molecular weight is 206 g/mol. The minimum absolute atomic E-state index is 0.497. The molecule has 1 aromatic carbocycles. The fourth-order valence-corrected chi connectivity index (χ4v) is 2.21. The highest BCUT2D eigenvalue weighted by Crippen LogP contribution is 2.27. The highest BCUT2D eigenvalue weighted by molar-refractivity contribution is 5.52. The molecule has 0 bridgehead atoms. The summed E-state index contributed by atoms with van der Waals surface area (Å²) < 4.78 is 5.23. The molecule has 2 rings (SSSR count). The van der Waals surface area contributed by atoms with Crippen LogP contribution in [0.25, 0.3) is 0 Å². The number of nitrogens with two attached hydrogens (primary N) is 1. The Bertz CT molecular complexity index is 327. The van der Waals surface area contributed by atoms with E-state index >= 15 is 0 Å². The van der Waals surface area contributed by atoms with Gasteiger partial charge in [0.25, 0.3) is 0 Å². The number of ether oxygens (including phenoxy) is 1. The lowest BCUT2D eigenvalue weighted by atomic mass is 10.2. The maximum absolute atomic E-state index is 5.76. The zero-order valence-corrected chi connectivity index (χ0v) is 9.15. The normalized spacial score (nSPS) is 20.7. The third-order valence-corrected chi connectivity index (χ3v) is 3.03. The first-order valence-corrected chi connectivity index (χ1v) is 5.46. The van der Waals surface area contributed by atoms with Crippen LogP contribution in [0.15, 0.2) is 24.3 Å². The van der Waals surface area contributed by atoms with Gasteiger partial charge in [0, 0.05) is 30.9 Å². The van der Waals surface area contributed by atoms with E-state index in [4.69, 9.17) is 10.5 Å². The van der Waals surface area contributed by atoms with E-state index in [0.29, 0.717) is 6.04 Å². The molecule has 3 heteroatoms. The molecule has 0 aliphatic carbocycles. The number of nitrogens with zero attached hydrogens (tertiary/aromatic N) is 1. The van der Waals surface area contributed by atoms with Crippen molar-refractivity contribution in [1.82, 2.24) is 0 Å². The van der Waals surface area contributed by atoms with Gasteiger partial charge in [-0.05, 0) is 25.0 Å². The topological polar surface area (TPSA) is 38.5 Å². The van der Waals surface area contributed by atoms with Crippen molar-refractivity contribution in [3.8, 4) is 5.75 Å². The molecule has 1 aromatic rings. The van der Waals surface area contributed by atoms with Gasteiger partial charge in [-0.3, -0.25) is 0 Å². The van der Waals surface area contributed by atoms with Crippen LogP contribution < -0.4 is 15.4 Å². The molecule has 2 N–H and O–H groups in total. The summed E-state index contributed by atoms with van der Waals surface area (Å²) in [6.45, 7) is 1.84. The highest BCUT2D eigenvalue weighted by atomic mass is 16.5. The maximum Gasteiger partial charge on any atom is 0.120 e. The monoisotopic (exact) mass is 206 g/mol. The van der Waals surface area contributed by atoms with E-state index in [1.54, 1.807) is 7.11 Å². The molecule has 1 heterocycles. The standard InChI is InChI=1S/C12H18N2O/c1-15-12-6-2-4-10(8-12)14-7-3-5-11(14)9-13/h2,4,6,8,11H,3,5,7,9,13H2,1H3. The molecule has 0 aromatic heterocycles. The van der Waals surface area contributed by atoms with Crippen LogP contribution in [0.2, 0.25) is 0 Å². The molecule has 1 atom stereocenters. The van der Waals surface area contributed by atoms with Crippen LogP contribution in [-0.2, 0) is 0 Å². The third kappa shape index (κ3) is 2.07. The molecule has 0 amide bonds. The summed E-state index contributed by atoms with van der Waals surface area (Å²) in [6, 6.07) is 8.69. The number of benzene rings is 1. The Labute approximate surface area is 90.8 Å². The van der Waals surface area contributed by atoms with Crippen LogP contribution in [0, 0.1) is 0 Å². The quantitative estimate of drug-likeness (QED) is 0.816. The van der Waals surface area contributed by atoms with Crippen molar-refractivity contribution in [2.24, 2.45) is 5.73 Å². The van der Waals surface area contributed by atoms with Gasteiger partial charge in [0.2, 0.25) is 0 Å². The summed E-state index contributed by atoms with van der Waals surface area (Å²) in [5.74, 6) is 0.912. The first-order valence-electron chi connectivity index (χ1n) is 5.46. The second-order valence-corrected chi connectivity index (χ2v) is 3.93. The van der Waals surface area contributed by atoms with Gasteiger partial charge in [0.15, 0.2) is 0 Å². The molecule has 3 nitrogen and oxygen atoms in total. The highest BCUT2D eigenvalue weighted by Gasteiger charge is 2.23. The van der Waals surface area contributed by atoms with Gasteiger partial charge in [0.1, 0.15) is 5.75 Å². The smallest absolute Gasteiger partial charge is 0.120 e. The molecular formula is C12H18N2O. The van der Waals surface area contributed by atoms with Gasteiger partial charge < -0.3 is 15.4 Å². The molecule has 0 radical (unpaired) electrons. The third-order valence-electron chi connectivity index (χ3n) is 3.03. The predicted octanol–water partition coefficient (Wildman–Crippen LogP) is 1.62. The Hall–Kier alpha value is -1.22. The van der Waals surface area contributed by atoms with Crippen LogP contribution in [0.3, 0.4) is 0 Å². The lowest BCUT2D eigenvalue weighted by Crippen LogP contribution is -2.35. The van der Waals surface area contributed by atoms with Gasteiger partial charge in [-0.15, -0.1) is 0 Å². The first-order chi connectivity index (χ1) is 7.35. The van der Waals surface area contributed by atoms with Crippen LogP contribution in [0.4, 0.5) is 5.69 Å². The zero-order chi connectivity index (χ0) is 10.7. The molecule has 0 spiro atoms. The number of rotatable bonds is 3. The summed E-state index contributed by atoms with van der Waals surface area (Å²) in [5.41, 5.74) is 6.98. The molecule has 1 aliphatic heterocycles. The number of hydrogen-bond acceptors (Lipinski definition) is 3. The van der Waals surface area contributed by atoms with Gasteiger partial charge >= 0.3 is 0 Å². The van der Waals surface area contributed by atoms with Crippen molar-refractivity contribution >= 4 is 5.69 Å². The van der Waals surface area contributed by atoms with Crippen LogP contribution >= 0.6 is 0 Å². The van der Waals surface area contributed by atoms with E-state index in [1.165, 1.54) is 18.5 Å². The van der Waals surface area contributed by atoms with Crippen LogP contribution in [0.1, 0.15) is 12.8 Å². The Morgan fingerprint density at radius 2 is 2.40 bits per heavy atom. The molecule has 15 heavy (non-hydrogen) atoms. The van der Waals surface area contributed by atoms with Crippen molar-refractivity contribution in [1.29, 1.82) is 0 Å². The lowest BCUT2D eigenvalue weighted by Gasteiger charge is -2.25. The predicted molar refractivity (Wildman–Crippen MR) is 62.4 cm³/mol. The second-order valence-electron chi connectivity index (χ2n) is 3.93. The van der Waals surface area contributed by atoms with E-state index in [-0.39, 0.29) is 0 Å². The van der Waals surface area contributed by atoms with Crippen LogP contribution in [0.5, 0.6) is 5.75 Å². The summed E-state index contributed by atoms with van der Waals surface area (Å²) in [4.78, 5) is 2.38. The van der Waals surface area contributed by atoms with E-state index in [2.05, 4.69) is 17.0 Å². The Morgan fingerprint density at radius 1 is 1.53 bits per heavy atom. The van der Waals surface area contributed by atoms with Gasteiger partial charge in [0.05, 0.1) is 7.11 Å². The summed E-state index contributed by atoms with van der Waals surface area (Å²) in [6.07, 6.45) is 2.44.